The highest BCUT2D eigenvalue weighted by atomic mass is 32.1. The van der Waals surface area contributed by atoms with Gasteiger partial charge in [0, 0.05) is 17.1 Å². The van der Waals surface area contributed by atoms with Crippen LogP contribution in [0.5, 0.6) is 0 Å². The smallest absolute Gasteiger partial charge is 0.220 e. The summed E-state index contributed by atoms with van der Waals surface area (Å²) in [5.74, 6) is 0.633. The van der Waals surface area contributed by atoms with Crippen LogP contribution in [0.25, 0.3) is 17.0 Å². The highest BCUT2D eigenvalue weighted by Gasteiger charge is 2.04. The van der Waals surface area contributed by atoms with Gasteiger partial charge in [-0.2, -0.15) is 25.9 Å². The number of thiophene rings is 1. The van der Waals surface area contributed by atoms with Crippen LogP contribution in [0, 0.1) is 0 Å². The molecule has 0 radical (unpaired) electrons. The Morgan fingerprint density at radius 3 is 3.07 bits per heavy atom. The van der Waals surface area contributed by atoms with Crippen LogP contribution in [-0.2, 0) is 0 Å². The van der Waals surface area contributed by atoms with Crippen molar-refractivity contribution in [3.63, 3.8) is 0 Å². The van der Waals surface area contributed by atoms with Crippen LogP contribution in [0.1, 0.15) is 0 Å². The van der Waals surface area contributed by atoms with Gasteiger partial charge in [-0.25, -0.2) is 4.98 Å². The Morgan fingerprint density at radius 1 is 1.21 bits per heavy atom. The molecule has 14 heavy (non-hydrogen) atoms. The van der Waals surface area contributed by atoms with Gasteiger partial charge in [0.25, 0.3) is 5.78 Å². The van der Waals surface area contributed by atoms with Gasteiger partial charge in [-0.3, -0.25) is 0 Å². The molecular formula is C9H6N4S. The summed E-state index contributed by atoms with van der Waals surface area (Å²) >= 11 is 1.66. The molecule has 0 aromatic carbocycles. The Morgan fingerprint density at radius 2 is 2.21 bits per heavy atom. The van der Waals surface area contributed by atoms with E-state index in [1.165, 1.54) is 6.33 Å². The van der Waals surface area contributed by atoms with Crippen molar-refractivity contribution >= 4 is 17.1 Å². The first-order valence-corrected chi connectivity index (χ1v) is 5.07. The monoisotopic (exact) mass is 202 g/mol. The Hall–Kier alpha value is -1.75. The Balaban J connectivity index is 2.36. The molecule has 3 rings (SSSR count). The van der Waals surface area contributed by atoms with E-state index in [-0.39, 0.29) is 0 Å². The lowest BCUT2D eigenvalue weighted by Crippen LogP contribution is -1.94. The summed E-state index contributed by atoms with van der Waals surface area (Å²) < 4.78 is 1.74. The Labute approximate surface area is 83.9 Å². The van der Waals surface area contributed by atoms with Crippen LogP contribution in [-0.4, -0.2) is 19.6 Å². The zero-order chi connectivity index (χ0) is 9.38. The van der Waals surface area contributed by atoms with E-state index in [2.05, 4.69) is 26.5 Å². The predicted octanol–water partition coefficient (Wildman–Crippen LogP) is 1.85. The number of hydrogen-bond acceptors (Lipinski definition) is 4. The van der Waals surface area contributed by atoms with Crippen LogP contribution in [0.15, 0.2) is 35.4 Å². The van der Waals surface area contributed by atoms with Crippen molar-refractivity contribution in [2.75, 3.05) is 0 Å². The SMILES string of the molecule is c1cc(-c2ccsc2)n2ncnc2n1. The lowest BCUT2D eigenvalue weighted by Gasteiger charge is -1.99. The van der Waals surface area contributed by atoms with Gasteiger partial charge >= 0.3 is 0 Å². The molecule has 0 saturated carbocycles. The maximum absolute atomic E-state index is 4.12. The molecule has 3 aromatic rings. The molecule has 0 amide bonds. The quantitative estimate of drug-likeness (QED) is 0.604. The van der Waals surface area contributed by atoms with Crippen LogP contribution in [0.2, 0.25) is 0 Å². The van der Waals surface area contributed by atoms with Crippen LogP contribution in [0.4, 0.5) is 0 Å². The molecule has 0 fully saturated rings. The van der Waals surface area contributed by atoms with Crippen LogP contribution in [0.3, 0.4) is 0 Å². The summed E-state index contributed by atoms with van der Waals surface area (Å²) in [4.78, 5) is 8.14. The van der Waals surface area contributed by atoms with E-state index in [1.54, 1.807) is 22.0 Å². The average molecular weight is 202 g/mol. The van der Waals surface area contributed by atoms with Crippen LogP contribution >= 0.6 is 11.3 Å². The van der Waals surface area contributed by atoms with E-state index in [1.807, 2.05) is 11.4 Å². The third kappa shape index (κ3) is 1.03. The molecule has 5 heteroatoms. The fourth-order valence-corrected chi connectivity index (χ4v) is 2.02. The van der Waals surface area contributed by atoms with Crippen molar-refractivity contribution < 1.29 is 0 Å². The van der Waals surface area contributed by atoms with E-state index in [9.17, 15) is 0 Å². The molecule has 0 spiro atoms. The topological polar surface area (TPSA) is 43.1 Å². The predicted molar refractivity (Wildman–Crippen MR) is 54.1 cm³/mol. The van der Waals surface area contributed by atoms with Crippen molar-refractivity contribution in [3.05, 3.63) is 35.4 Å². The second-order valence-electron chi connectivity index (χ2n) is 2.81. The molecule has 68 valence electrons. The van der Waals surface area contributed by atoms with Gasteiger partial charge in [0.1, 0.15) is 6.33 Å². The minimum Gasteiger partial charge on any atom is -0.220 e. The maximum Gasteiger partial charge on any atom is 0.252 e. The van der Waals surface area contributed by atoms with Gasteiger partial charge < -0.3 is 0 Å². The lowest BCUT2D eigenvalue weighted by molar-refractivity contribution is 0.948. The number of rotatable bonds is 1. The third-order valence-corrected chi connectivity index (χ3v) is 2.68. The van der Waals surface area contributed by atoms with Crippen molar-refractivity contribution in [2.24, 2.45) is 0 Å². The number of aromatic nitrogens is 4. The summed E-state index contributed by atoms with van der Waals surface area (Å²) in [6, 6.07) is 3.99. The lowest BCUT2D eigenvalue weighted by atomic mass is 10.2. The third-order valence-electron chi connectivity index (χ3n) is 2.00. The standard InChI is InChI=1S/C9H6N4S/c1-3-10-9-11-6-12-13(9)8(1)7-2-4-14-5-7/h1-6H. The van der Waals surface area contributed by atoms with Gasteiger partial charge in [0.05, 0.1) is 5.69 Å². The van der Waals surface area contributed by atoms with E-state index in [0.29, 0.717) is 5.78 Å². The normalized spacial score (nSPS) is 10.9. The molecule has 0 saturated heterocycles. The van der Waals surface area contributed by atoms with E-state index < -0.39 is 0 Å². The summed E-state index contributed by atoms with van der Waals surface area (Å²) in [5, 5.41) is 8.24. The average Bonchev–Trinajstić information content (AvgIpc) is 2.88. The Bertz CT molecular complexity index is 555. The van der Waals surface area contributed by atoms with Gasteiger partial charge in [-0.15, -0.1) is 0 Å². The summed E-state index contributed by atoms with van der Waals surface area (Å²) in [7, 11) is 0. The van der Waals surface area contributed by atoms with Gasteiger partial charge in [0.15, 0.2) is 0 Å². The first kappa shape index (κ1) is 7.64. The Kier molecular flexibility index (Phi) is 1.57. The first-order chi connectivity index (χ1) is 6.95. The largest absolute Gasteiger partial charge is 0.252 e. The summed E-state index contributed by atoms with van der Waals surface area (Å²) in [6.45, 7) is 0. The van der Waals surface area contributed by atoms with Gasteiger partial charge in [0.2, 0.25) is 0 Å². The van der Waals surface area contributed by atoms with E-state index in [4.69, 9.17) is 0 Å². The highest BCUT2D eigenvalue weighted by molar-refractivity contribution is 7.08. The van der Waals surface area contributed by atoms with E-state index >= 15 is 0 Å². The zero-order valence-corrected chi connectivity index (χ0v) is 7.98. The number of fused-ring (bicyclic) bond motifs is 1. The molecule has 3 heterocycles. The molecule has 0 aliphatic heterocycles. The number of nitrogens with zero attached hydrogens (tertiary/aromatic N) is 4. The molecule has 4 nitrogen and oxygen atoms in total. The first-order valence-electron chi connectivity index (χ1n) is 4.12. The second-order valence-corrected chi connectivity index (χ2v) is 3.59. The minimum absolute atomic E-state index is 0.633. The van der Waals surface area contributed by atoms with Crippen molar-refractivity contribution in [3.8, 4) is 11.3 Å². The molecular weight excluding hydrogens is 196 g/mol. The molecule has 0 N–H and O–H groups in total. The molecule has 0 aliphatic rings. The van der Waals surface area contributed by atoms with Gasteiger partial charge in [-0.1, -0.05) is 0 Å². The maximum atomic E-state index is 4.12. The summed E-state index contributed by atoms with van der Waals surface area (Å²) in [6.07, 6.45) is 3.26. The fourth-order valence-electron chi connectivity index (χ4n) is 1.37. The molecule has 0 unspecified atom stereocenters. The van der Waals surface area contributed by atoms with E-state index in [0.717, 1.165) is 11.3 Å². The molecule has 0 bridgehead atoms. The highest BCUT2D eigenvalue weighted by Crippen LogP contribution is 2.20. The number of hydrogen-bond donors (Lipinski definition) is 0. The molecule has 0 aliphatic carbocycles. The summed E-state index contributed by atoms with van der Waals surface area (Å²) in [5.41, 5.74) is 2.17. The molecule has 3 aromatic heterocycles. The van der Waals surface area contributed by atoms with Crippen molar-refractivity contribution in [2.45, 2.75) is 0 Å². The minimum atomic E-state index is 0.633. The van der Waals surface area contributed by atoms with Gasteiger partial charge in [-0.05, 0) is 17.5 Å². The van der Waals surface area contributed by atoms with Crippen LogP contribution < -0.4 is 0 Å². The second kappa shape index (κ2) is 2.88. The van der Waals surface area contributed by atoms with Crippen molar-refractivity contribution in [1.29, 1.82) is 0 Å². The van der Waals surface area contributed by atoms with Crippen molar-refractivity contribution in [1.82, 2.24) is 19.6 Å². The molecule has 0 atom stereocenters. The fraction of sp³-hybridized carbons (Fsp3) is 0. The zero-order valence-electron chi connectivity index (χ0n) is 7.16.